The van der Waals surface area contributed by atoms with Crippen molar-refractivity contribution in [2.24, 2.45) is 11.8 Å². The van der Waals surface area contributed by atoms with Crippen LogP contribution in [-0.4, -0.2) is 31.2 Å². The normalized spacial score (nSPS) is 31.9. The molecule has 1 aliphatic rings. The van der Waals surface area contributed by atoms with E-state index in [4.69, 9.17) is 4.74 Å². The number of nitrogens with zero attached hydrogens (tertiary/aromatic N) is 1. The number of hydrogen-bond donors (Lipinski definition) is 0. The van der Waals surface area contributed by atoms with Gasteiger partial charge in [-0.1, -0.05) is 20.3 Å². The second kappa shape index (κ2) is 5.38. The third-order valence-electron chi connectivity index (χ3n) is 3.42. The van der Waals surface area contributed by atoms with Crippen molar-refractivity contribution >= 4 is 6.09 Å². The van der Waals surface area contributed by atoms with Crippen molar-refractivity contribution < 1.29 is 9.53 Å². The second-order valence-electron chi connectivity index (χ2n) is 5.02. The summed E-state index contributed by atoms with van der Waals surface area (Å²) in [5.74, 6) is 1.42. The summed E-state index contributed by atoms with van der Waals surface area (Å²) in [6.07, 6.45) is 4.39. The van der Waals surface area contributed by atoms with Crippen molar-refractivity contribution in [1.29, 1.82) is 0 Å². The maximum absolute atomic E-state index is 11.4. The van der Waals surface area contributed by atoms with Crippen LogP contribution in [0.5, 0.6) is 0 Å². The molecule has 1 rings (SSSR count). The average molecular weight is 213 g/mol. The lowest BCUT2D eigenvalue weighted by molar-refractivity contribution is 0.0604. The molecule has 0 radical (unpaired) electrons. The van der Waals surface area contributed by atoms with Crippen LogP contribution >= 0.6 is 0 Å². The van der Waals surface area contributed by atoms with Gasteiger partial charge in [0.25, 0.3) is 0 Å². The second-order valence-corrected chi connectivity index (χ2v) is 5.02. The topological polar surface area (TPSA) is 29.5 Å². The first-order chi connectivity index (χ1) is 7.00. The lowest BCUT2D eigenvalue weighted by Gasteiger charge is -2.22. The molecule has 1 fully saturated rings. The van der Waals surface area contributed by atoms with Gasteiger partial charge in [0.2, 0.25) is 0 Å². The van der Waals surface area contributed by atoms with Gasteiger partial charge in [0.05, 0.1) is 0 Å². The van der Waals surface area contributed by atoms with Crippen LogP contribution in [0, 0.1) is 11.8 Å². The number of rotatable bonds is 1. The molecule has 1 saturated carbocycles. The molecule has 3 unspecified atom stereocenters. The molecule has 88 valence electrons. The van der Waals surface area contributed by atoms with E-state index < -0.39 is 0 Å². The van der Waals surface area contributed by atoms with Crippen LogP contribution in [0.1, 0.15) is 39.5 Å². The Balaban J connectivity index is 2.45. The molecule has 0 heterocycles. The highest BCUT2D eigenvalue weighted by atomic mass is 16.6. The molecule has 0 spiro atoms. The Morgan fingerprint density at radius 3 is 2.47 bits per heavy atom. The van der Waals surface area contributed by atoms with Gasteiger partial charge < -0.3 is 9.64 Å². The van der Waals surface area contributed by atoms with E-state index in [-0.39, 0.29) is 12.2 Å². The SMILES string of the molecule is CC1CCCC(OC(=O)N(C)C)CC1C. The molecule has 3 nitrogen and oxygen atoms in total. The minimum atomic E-state index is -0.207. The monoisotopic (exact) mass is 213 g/mol. The van der Waals surface area contributed by atoms with Gasteiger partial charge in [0, 0.05) is 14.1 Å². The maximum Gasteiger partial charge on any atom is 0.409 e. The first kappa shape index (κ1) is 12.3. The van der Waals surface area contributed by atoms with E-state index in [0.717, 1.165) is 18.8 Å². The van der Waals surface area contributed by atoms with Gasteiger partial charge in [-0.15, -0.1) is 0 Å². The quantitative estimate of drug-likeness (QED) is 0.627. The highest BCUT2D eigenvalue weighted by Crippen LogP contribution is 2.29. The first-order valence-electron chi connectivity index (χ1n) is 5.88. The van der Waals surface area contributed by atoms with Crippen molar-refractivity contribution in [1.82, 2.24) is 4.90 Å². The zero-order valence-corrected chi connectivity index (χ0v) is 10.3. The van der Waals surface area contributed by atoms with Gasteiger partial charge in [-0.3, -0.25) is 0 Å². The third-order valence-corrected chi connectivity index (χ3v) is 3.42. The highest BCUT2D eigenvalue weighted by molar-refractivity contribution is 5.66. The van der Waals surface area contributed by atoms with Gasteiger partial charge in [-0.2, -0.15) is 0 Å². The third kappa shape index (κ3) is 3.73. The standard InChI is InChI=1S/C12H23NO2/c1-9-6-5-7-11(8-10(9)2)15-12(14)13(3)4/h9-11H,5-8H2,1-4H3. The Morgan fingerprint density at radius 2 is 1.87 bits per heavy atom. The zero-order chi connectivity index (χ0) is 11.4. The van der Waals surface area contributed by atoms with E-state index in [0.29, 0.717) is 5.92 Å². The van der Waals surface area contributed by atoms with E-state index in [1.807, 2.05) is 0 Å². The number of amides is 1. The van der Waals surface area contributed by atoms with Crippen molar-refractivity contribution in [3.63, 3.8) is 0 Å². The lowest BCUT2D eigenvalue weighted by atomic mass is 9.91. The van der Waals surface area contributed by atoms with E-state index in [2.05, 4.69) is 13.8 Å². The predicted octanol–water partition coefficient (Wildman–Crippen LogP) is 2.90. The maximum atomic E-state index is 11.4. The highest BCUT2D eigenvalue weighted by Gasteiger charge is 2.25. The van der Waals surface area contributed by atoms with Crippen molar-refractivity contribution in [2.75, 3.05) is 14.1 Å². The summed E-state index contributed by atoms with van der Waals surface area (Å²) in [5, 5.41) is 0. The fourth-order valence-electron chi connectivity index (χ4n) is 2.07. The van der Waals surface area contributed by atoms with E-state index in [1.165, 1.54) is 17.7 Å². The largest absolute Gasteiger partial charge is 0.446 e. The number of ether oxygens (including phenoxy) is 1. The van der Waals surface area contributed by atoms with Crippen LogP contribution in [0.2, 0.25) is 0 Å². The molecule has 15 heavy (non-hydrogen) atoms. The summed E-state index contributed by atoms with van der Waals surface area (Å²) in [7, 11) is 3.45. The molecule has 0 N–H and O–H groups in total. The summed E-state index contributed by atoms with van der Waals surface area (Å²) in [6.45, 7) is 4.55. The van der Waals surface area contributed by atoms with Crippen LogP contribution in [0.4, 0.5) is 4.79 Å². The Bertz CT molecular complexity index is 216. The first-order valence-corrected chi connectivity index (χ1v) is 5.88. The molecule has 0 aliphatic heterocycles. The summed E-state index contributed by atoms with van der Waals surface area (Å²) >= 11 is 0. The molecule has 0 aromatic carbocycles. The Morgan fingerprint density at radius 1 is 1.20 bits per heavy atom. The van der Waals surface area contributed by atoms with Gasteiger partial charge in [0.15, 0.2) is 0 Å². The zero-order valence-electron chi connectivity index (χ0n) is 10.3. The lowest BCUT2D eigenvalue weighted by Crippen LogP contribution is -2.28. The summed E-state index contributed by atoms with van der Waals surface area (Å²) < 4.78 is 5.44. The molecule has 1 amide bonds. The number of carbonyl (C=O) groups is 1. The van der Waals surface area contributed by atoms with Crippen LogP contribution < -0.4 is 0 Å². The molecular weight excluding hydrogens is 190 g/mol. The molecular formula is C12H23NO2. The molecule has 0 bridgehead atoms. The van der Waals surface area contributed by atoms with Crippen LogP contribution in [0.25, 0.3) is 0 Å². The van der Waals surface area contributed by atoms with Crippen LogP contribution in [0.15, 0.2) is 0 Å². The van der Waals surface area contributed by atoms with E-state index >= 15 is 0 Å². The van der Waals surface area contributed by atoms with Gasteiger partial charge >= 0.3 is 6.09 Å². The molecule has 1 aliphatic carbocycles. The van der Waals surface area contributed by atoms with Crippen molar-refractivity contribution in [3.05, 3.63) is 0 Å². The minimum Gasteiger partial charge on any atom is -0.446 e. The Hall–Kier alpha value is -0.730. The van der Waals surface area contributed by atoms with Crippen molar-refractivity contribution in [3.8, 4) is 0 Å². The van der Waals surface area contributed by atoms with Gasteiger partial charge in [-0.25, -0.2) is 4.79 Å². The summed E-state index contributed by atoms with van der Waals surface area (Å²) in [5.41, 5.74) is 0. The predicted molar refractivity (Wildman–Crippen MR) is 60.8 cm³/mol. The molecule has 0 saturated heterocycles. The van der Waals surface area contributed by atoms with Crippen LogP contribution in [-0.2, 0) is 4.74 Å². The Labute approximate surface area is 92.8 Å². The van der Waals surface area contributed by atoms with E-state index in [9.17, 15) is 4.79 Å². The van der Waals surface area contributed by atoms with Gasteiger partial charge in [-0.05, 0) is 31.1 Å². The molecule has 0 aromatic heterocycles. The fourth-order valence-corrected chi connectivity index (χ4v) is 2.07. The molecule has 0 aromatic rings. The Kier molecular flexibility index (Phi) is 4.43. The fraction of sp³-hybridized carbons (Fsp3) is 0.917. The molecule has 3 atom stereocenters. The minimum absolute atomic E-state index is 0.125. The summed E-state index contributed by atoms with van der Waals surface area (Å²) in [4.78, 5) is 12.9. The number of hydrogen-bond acceptors (Lipinski definition) is 2. The van der Waals surface area contributed by atoms with E-state index in [1.54, 1.807) is 14.1 Å². The number of carbonyl (C=O) groups excluding carboxylic acids is 1. The smallest absolute Gasteiger partial charge is 0.409 e. The summed E-state index contributed by atoms with van der Waals surface area (Å²) in [6, 6.07) is 0. The van der Waals surface area contributed by atoms with Gasteiger partial charge in [0.1, 0.15) is 6.10 Å². The van der Waals surface area contributed by atoms with Crippen LogP contribution in [0.3, 0.4) is 0 Å². The average Bonchev–Trinajstić information content (AvgIpc) is 2.29. The van der Waals surface area contributed by atoms with Crippen molar-refractivity contribution in [2.45, 2.75) is 45.6 Å². The molecule has 3 heteroatoms.